The zero-order chi connectivity index (χ0) is 18.2. The smallest absolute Gasteiger partial charge is 0.259 e. The molecule has 1 aromatic heterocycles. The number of hydrazone groups is 1. The van der Waals surface area contributed by atoms with Crippen LogP contribution in [0.2, 0.25) is 0 Å². The molecule has 0 unspecified atom stereocenters. The van der Waals surface area contributed by atoms with E-state index in [2.05, 4.69) is 15.8 Å². The predicted molar refractivity (Wildman–Crippen MR) is 96.7 cm³/mol. The largest absolute Gasteiger partial charge is 0.493 e. The molecule has 25 heavy (non-hydrogen) atoms. The minimum absolute atomic E-state index is 0.187. The van der Waals surface area contributed by atoms with Crippen molar-refractivity contribution in [2.24, 2.45) is 5.10 Å². The maximum Gasteiger partial charge on any atom is 0.259 e. The lowest BCUT2D eigenvalue weighted by Gasteiger charge is -2.09. The summed E-state index contributed by atoms with van der Waals surface area (Å²) in [4.78, 5) is 24.8. The highest BCUT2D eigenvalue weighted by atomic mass is 32.1. The number of aryl methyl sites for hydroxylation is 1. The number of hydrogen-bond donors (Lipinski definition) is 2. The summed E-state index contributed by atoms with van der Waals surface area (Å²) in [6.45, 7) is 1.77. The van der Waals surface area contributed by atoms with E-state index in [0.29, 0.717) is 17.1 Å². The average molecular weight is 361 g/mol. The van der Waals surface area contributed by atoms with E-state index in [1.54, 1.807) is 24.4 Å². The number of hydrogen-bond acceptors (Lipinski definition) is 6. The van der Waals surface area contributed by atoms with E-state index >= 15 is 0 Å². The third-order valence-corrected chi connectivity index (χ3v) is 4.28. The molecular weight excluding hydrogens is 342 g/mol. The Bertz CT molecular complexity index is 786. The van der Waals surface area contributed by atoms with Gasteiger partial charge in [-0.2, -0.15) is 5.10 Å². The van der Waals surface area contributed by atoms with Gasteiger partial charge in [-0.3, -0.25) is 9.59 Å². The zero-order valence-electron chi connectivity index (χ0n) is 14.2. The quantitative estimate of drug-likeness (QED) is 0.583. The van der Waals surface area contributed by atoms with Gasteiger partial charge < -0.3 is 14.8 Å². The molecular formula is C17H19N3O4S. The maximum atomic E-state index is 12.1. The van der Waals surface area contributed by atoms with Crippen LogP contribution in [-0.2, 0) is 4.79 Å². The summed E-state index contributed by atoms with van der Waals surface area (Å²) >= 11 is 1.53. The highest BCUT2D eigenvalue weighted by Crippen LogP contribution is 2.27. The zero-order valence-corrected chi connectivity index (χ0v) is 15.0. The number of methoxy groups -OCH3 is 2. The molecule has 0 aliphatic rings. The first-order chi connectivity index (χ1) is 12.0. The first-order valence-corrected chi connectivity index (χ1v) is 8.29. The number of rotatable bonds is 7. The van der Waals surface area contributed by atoms with E-state index in [4.69, 9.17) is 9.47 Å². The van der Waals surface area contributed by atoms with Gasteiger partial charge in [-0.05, 0) is 42.1 Å². The van der Waals surface area contributed by atoms with Gasteiger partial charge in [0.05, 0.1) is 27.0 Å². The molecule has 0 spiro atoms. The van der Waals surface area contributed by atoms with Gasteiger partial charge in [-0.15, -0.1) is 11.3 Å². The topological polar surface area (TPSA) is 89.0 Å². The lowest BCUT2D eigenvalue weighted by molar-refractivity contribution is -0.120. The van der Waals surface area contributed by atoms with Crippen LogP contribution < -0.4 is 20.2 Å². The van der Waals surface area contributed by atoms with Crippen molar-refractivity contribution in [2.75, 3.05) is 20.8 Å². The molecule has 8 heteroatoms. The second-order valence-corrected chi connectivity index (χ2v) is 5.96. The molecule has 0 bridgehead atoms. The molecule has 0 aliphatic heterocycles. The van der Waals surface area contributed by atoms with Gasteiger partial charge in [0.2, 0.25) is 0 Å². The van der Waals surface area contributed by atoms with E-state index in [1.165, 1.54) is 25.6 Å². The van der Waals surface area contributed by atoms with Crippen molar-refractivity contribution in [2.45, 2.75) is 6.92 Å². The summed E-state index contributed by atoms with van der Waals surface area (Å²) < 4.78 is 10.3. The molecule has 7 nitrogen and oxygen atoms in total. The summed E-state index contributed by atoms with van der Waals surface area (Å²) in [7, 11) is 3.00. The summed E-state index contributed by atoms with van der Waals surface area (Å²) in [5.74, 6) is 0.152. The van der Waals surface area contributed by atoms with Gasteiger partial charge in [-0.25, -0.2) is 5.43 Å². The van der Waals surface area contributed by atoms with Crippen LogP contribution in [0.15, 0.2) is 34.7 Å². The van der Waals surface area contributed by atoms with Gasteiger partial charge in [-0.1, -0.05) is 0 Å². The molecule has 0 fully saturated rings. The lowest BCUT2D eigenvalue weighted by Crippen LogP contribution is -2.34. The van der Waals surface area contributed by atoms with Crippen LogP contribution in [0.3, 0.4) is 0 Å². The fourth-order valence-electron chi connectivity index (χ4n) is 1.96. The number of amides is 2. The van der Waals surface area contributed by atoms with Crippen LogP contribution in [0.1, 0.15) is 20.8 Å². The second-order valence-electron chi connectivity index (χ2n) is 5.01. The van der Waals surface area contributed by atoms with E-state index in [0.717, 1.165) is 10.4 Å². The van der Waals surface area contributed by atoms with Gasteiger partial charge in [0.15, 0.2) is 11.5 Å². The average Bonchev–Trinajstić information content (AvgIpc) is 3.04. The third kappa shape index (κ3) is 5.05. The van der Waals surface area contributed by atoms with E-state index in [-0.39, 0.29) is 6.54 Å². The summed E-state index contributed by atoms with van der Waals surface area (Å²) in [5.41, 5.74) is 3.83. The third-order valence-electron chi connectivity index (χ3n) is 3.33. The summed E-state index contributed by atoms with van der Waals surface area (Å²) in [5, 5.41) is 8.34. The van der Waals surface area contributed by atoms with Crippen molar-refractivity contribution >= 4 is 29.4 Å². The molecule has 0 saturated heterocycles. The highest BCUT2D eigenvalue weighted by Gasteiger charge is 2.11. The monoisotopic (exact) mass is 361 g/mol. The van der Waals surface area contributed by atoms with Crippen molar-refractivity contribution in [3.05, 3.63) is 45.6 Å². The Labute approximate surface area is 149 Å². The molecule has 132 valence electrons. The number of ether oxygens (including phenoxy) is 2. The highest BCUT2D eigenvalue weighted by molar-refractivity contribution is 7.11. The van der Waals surface area contributed by atoms with E-state index in [1.807, 2.05) is 18.4 Å². The van der Waals surface area contributed by atoms with Crippen molar-refractivity contribution in [1.29, 1.82) is 0 Å². The molecule has 0 atom stereocenters. The Balaban J connectivity index is 1.86. The molecule has 2 amide bonds. The molecule has 0 aliphatic carbocycles. The molecule has 0 saturated carbocycles. The Morgan fingerprint density at radius 2 is 1.96 bits per heavy atom. The van der Waals surface area contributed by atoms with Gasteiger partial charge >= 0.3 is 0 Å². The number of thiophene rings is 1. The minimum Gasteiger partial charge on any atom is -0.493 e. The van der Waals surface area contributed by atoms with Crippen molar-refractivity contribution in [1.82, 2.24) is 10.7 Å². The first kappa shape index (κ1) is 18.5. The van der Waals surface area contributed by atoms with Crippen LogP contribution in [0.4, 0.5) is 0 Å². The molecule has 2 N–H and O–H groups in total. The van der Waals surface area contributed by atoms with Crippen molar-refractivity contribution < 1.29 is 19.1 Å². The van der Waals surface area contributed by atoms with E-state index in [9.17, 15) is 9.59 Å². The summed E-state index contributed by atoms with van der Waals surface area (Å²) in [6.07, 6.45) is 1.58. The first-order valence-electron chi connectivity index (χ1n) is 7.41. The SMILES string of the molecule is COc1ccc(C(=O)NCC(=O)N/N=C\c2sccc2C)cc1OC. The second kappa shape index (κ2) is 8.84. The number of carbonyl (C=O) groups is 2. The lowest BCUT2D eigenvalue weighted by atomic mass is 10.2. The van der Waals surface area contributed by atoms with Gasteiger partial charge in [0.25, 0.3) is 11.8 Å². The molecule has 2 rings (SSSR count). The Morgan fingerprint density at radius 3 is 2.60 bits per heavy atom. The molecule has 2 aromatic rings. The fraction of sp³-hybridized carbons (Fsp3) is 0.235. The summed E-state index contributed by atoms with van der Waals surface area (Å²) in [6, 6.07) is 6.73. The molecule has 1 heterocycles. The number of carbonyl (C=O) groups excluding carboxylic acids is 2. The maximum absolute atomic E-state index is 12.1. The Hall–Kier alpha value is -2.87. The molecule has 1 aromatic carbocycles. The fourth-order valence-corrected chi connectivity index (χ4v) is 2.75. The van der Waals surface area contributed by atoms with Crippen LogP contribution in [-0.4, -0.2) is 38.8 Å². The van der Waals surface area contributed by atoms with E-state index < -0.39 is 11.8 Å². The number of nitrogens with zero attached hydrogens (tertiary/aromatic N) is 1. The Kier molecular flexibility index (Phi) is 6.53. The van der Waals surface area contributed by atoms with Crippen LogP contribution in [0, 0.1) is 6.92 Å². The van der Waals surface area contributed by atoms with Crippen molar-refractivity contribution in [3.63, 3.8) is 0 Å². The van der Waals surface area contributed by atoms with Crippen molar-refractivity contribution in [3.8, 4) is 11.5 Å². The normalized spacial score (nSPS) is 10.5. The number of nitrogens with one attached hydrogen (secondary N) is 2. The minimum atomic E-state index is -0.417. The molecule has 0 radical (unpaired) electrons. The van der Waals surface area contributed by atoms with Crippen LogP contribution in [0.5, 0.6) is 11.5 Å². The Morgan fingerprint density at radius 1 is 1.20 bits per heavy atom. The predicted octanol–water partition coefficient (Wildman–Crippen LogP) is 1.95. The standard InChI is InChI=1S/C17H19N3O4S/c1-11-6-7-25-15(11)9-19-20-16(21)10-18-17(22)12-4-5-13(23-2)14(8-12)24-3/h4-9H,10H2,1-3H3,(H,18,22)(H,20,21)/b19-9-. The van der Waals surface area contributed by atoms with Crippen LogP contribution >= 0.6 is 11.3 Å². The van der Waals surface area contributed by atoms with Gasteiger partial charge in [0.1, 0.15) is 0 Å². The number of benzene rings is 1. The van der Waals surface area contributed by atoms with Gasteiger partial charge in [0, 0.05) is 10.4 Å². The van der Waals surface area contributed by atoms with Crippen LogP contribution in [0.25, 0.3) is 0 Å².